The Morgan fingerprint density at radius 1 is 1.24 bits per heavy atom. The molecule has 0 fully saturated rings. The van der Waals surface area contributed by atoms with E-state index in [9.17, 15) is 4.79 Å². The van der Waals surface area contributed by atoms with Crippen molar-refractivity contribution < 1.29 is 4.79 Å². The summed E-state index contributed by atoms with van der Waals surface area (Å²) in [6.45, 7) is 1.75. The van der Waals surface area contributed by atoms with Crippen molar-refractivity contribution in [1.29, 1.82) is 0 Å². The largest absolute Gasteiger partial charge is 0.397 e. The lowest BCUT2D eigenvalue weighted by atomic mass is 10.1. The summed E-state index contributed by atoms with van der Waals surface area (Å²) in [5.74, 6) is -0.438. The predicted octanol–water partition coefficient (Wildman–Crippen LogP) is 0.366. The number of amides is 1. The number of hydrogen-bond acceptors (Lipinski definition) is 4. The van der Waals surface area contributed by atoms with Crippen LogP contribution in [0.3, 0.4) is 0 Å². The zero-order chi connectivity index (χ0) is 13.0. The number of anilines is 2. The molecule has 0 saturated heterocycles. The molecule has 94 valence electrons. The Kier molecular flexibility index (Phi) is 4.34. The first-order valence-corrected chi connectivity index (χ1v) is 5.47. The van der Waals surface area contributed by atoms with Crippen LogP contribution in [0.1, 0.15) is 10.4 Å². The summed E-state index contributed by atoms with van der Waals surface area (Å²) in [6.07, 6.45) is 0. The molecule has 5 nitrogen and oxygen atoms in total. The standard InChI is InChI=1S/C12H20N4O/c1-15(2)6-7-16(3)11-8-9(12(14)17)4-5-10(11)13/h4-5,8H,6-7,13H2,1-3H3,(H2,14,17). The average Bonchev–Trinajstić information content (AvgIpc) is 2.26. The van der Waals surface area contributed by atoms with Gasteiger partial charge >= 0.3 is 0 Å². The van der Waals surface area contributed by atoms with Crippen molar-refractivity contribution in [2.75, 3.05) is 44.9 Å². The molecular weight excluding hydrogens is 216 g/mol. The number of carbonyl (C=O) groups is 1. The second-order valence-corrected chi connectivity index (χ2v) is 4.36. The highest BCUT2D eigenvalue weighted by Crippen LogP contribution is 2.23. The minimum Gasteiger partial charge on any atom is -0.397 e. The fourth-order valence-electron chi connectivity index (χ4n) is 1.50. The highest BCUT2D eigenvalue weighted by molar-refractivity contribution is 5.95. The number of hydrogen-bond donors (Lipinski definition) is 2. The summed E-state index contributed by atoms with van der Waals surface area (Å²) >= 11 is 0. The molecule has 0 aliphatic carbocycles. The molecule has 0 unspecified atom stereocenters. The van der Waals surface area contributed by atoms with Gasteiger partial charge in [0, 0.05) is 25.7 Å². The number of nitrogens with zero attached hydrogens (tertiary/aromatic N) is 2. The second kappa shape index (κ2) is 5.54. The van der Waals surface area contributed by atoms with Crippen LogP contribution in [0.2, 0.25) is 0 Å². The Bertz CT molecular complexity index is 403. The van der Waals surface area contributed by atoms with Gasteiger partial charge in [-0.05, 0) is 32.3 Å². The van der Waals surface area contributed by atoms with Crippen molar-refractivity contribution >= 4 is 17.3 Å². The van der Waals surface area contributed by atoms with E-state index in [0.717, 1.165) is 18.8 Å². The van der Waals surface area contributed by atoms with Crippen LogP contribution in [-0.4, -0.2) is 45.0 Å². The maximum atomic E-state index is 11.1. The maximum absolute atomic E-state index is 11.1. The van der Waals surface area contributed by atoms with Gasteiger partial charge in [0.15, 0.2) is 0 Å². The second-order valence-electron chi connectivity index (χ2n) is 4.36. The quantitative estimate of drug-likeness (QED) is 0.724. The van der Waals surface area contributed by atoms with Gasteiger partial charge in [-0.25, -0.2) is 0 Å². The number of nitrogen functional groups attached to an aromatic ring is 1. The van der Waals surface area contributed by atoms with Gasteiger partial charge in [0.1, 0.15) is 0 Å². The third kappa shape index (κ3) is 3.64. The first-order valence-electron chi connectivity index (χ1n) is 5.47. The summed E-state index contributed by atoms with van der Waals surface area (Å²) in [6, 6.07) is 5.08. The molecule has 0 aliphatic heterocycles. The van der Waals surface area contributed by atoms with E-state index in [2.05, 4.69) is 4.90 Å². The van der Waals surface area contributed by atoms with Crippen molar-refractivity contribution in [1.82, 2.24) is 4.90 Å². The van der Waals surface area contributed by atoms with Gasteiger partial charge < -0.3 is 21.3 Å². The highest BCUT2D eigenvalue weighted by Gasteiger charge is 2.09. The number of primary amides is 1. The monoisotopic (exact) mass is 236 g/mol. The molecule has 0 bridgehead atoms. The molecule has 1 amide bonds. The molecule has 0 aromatic heterocycles. The fourth-order valence-corrected chi connectivity index (χ4v) is 1.50. The van der Waals surface area contributed by atoms with Crippen LogP contribution in [0, 0.1) is 0 Å². The fraction of sp³-hybridized carbons (Fsp3) is 0.417. The van der Waals surface area contributed by atoms with Gasteiger partial charge in [-0.1, -0.05) is 0 Å². The number of carbonyl (C=O) groups excluding carboxylic acids is 1. The number of likely N-dealkylation sites (N-methyl/N-ethyl adjacent to an activating group) is 2. The lowest BCUT2D eigenvalue weighted by molar-refractivity contribution is 0.100. The van der Waals surface area contributed by atoms with Crippen LogP contribution < -0.4 is 16.4 Å². The van der Waals surface area contributed by atoms with Crippen LogP contribution >= 0.6 is 0 Å². The number of nitrogens with two attached hydrogens (primary N) is 2. The van der Waals surface area contributed by atoms with E-state index in [1.807, 2.05) is 26.0 Å². The molecule has 0 saturated carbocycles. The Balaban J connectivity index is 2.87. The first kappa shape index (κ1) is 13.3. The minimum absolute atomic E-state index is 0.438. The van der Waals surface area contributed by atoms with E-state index >= 15 is 0 Å². The van der Waals surface area contributed by atoms with E-state index < -0.39 is 5.91 Å². The molecular formula is C12H20N4O. The maximum Gasteiger partial charge on any atom is 0.248 e. The van der Waals surface area contributed by atoms with Crippen LogP contribution in [0.25, 0.3) is 0 Å². The third-order valence-electron chi connectivity index (χ3n) is 2.61. The summed E-state index contributed by atoms with van der Waals surface area (Å²) < 4.78 is 0. The molecule has 0 radical (unpaired) electrons. The Labute approximate surface area is 102 Å². The lowest BCUT2D eigenvalue weighted by Gasteiger charge is -2.23. The van der Waals surface area contributed by atoms with E-state index in [1.165, 1.54) is 0 Å². The van der Waals surface area contributed by atoms with Gasteiger partial charge in [0.2, 0.25) is 5.91 Å². The van der Waals surface area contributed by atoms with E-state index in [4.69, 9.17) is 11.5 Å². The van der Waals surface area contributed by atoms with Gasteiger partial charge in [0.25, 0.3) is 0 Å². The lowest BCUT2D eigenvalue weighted by Crippen LogP contribution is -2.29. The molecule has 1 aromatic rings. The summed E-state index contributed by atoms with van der Waals surface area (Å²) in [4.78, 5) is 15.2. The SMILES string of the molecule is CN(C)CCN(C)c1cc(C(N)=O)ccc1N. The zero-order valence-electron chi connectivity index (χ0n) is 10.6. The van der Waals surface area contributed by atoms with E-state index in [-0.39, 0.29) is 0 Å². The Morgan fingerprint density at radius 2 is 1.88 bits per heavy atom. The highest BCUT2D eigenvalue weighted by atomic mass is 16.1. The molecule has 0 atom stereocenters. The molecule has 0 spiro atoms. The molecule has 0 heterocycles. The van der Waals surface area contributed by atoms with Gasteiger partial charge in [0.05, 0.1) is 11.4 Å². The topological polar surface area (TPSA) is 75.6 Å². The minimum atomic E-state index is -0.438. The molecule has 0 aliphatic rings. The third-order valence-corrected chi connectivity index (χ3v) is 2.61. The van der Waals surface area contributed by atoms with Gasteiger partial charge in [-0.15, -0.1) is 0 Å². The summed E-state index contributed by atoms with van der Waals surface area (Å²) in [5.41, 5.74) is 13.1. The van der Waals surface area contributed by atoms with Crippen molar-refractivity contribution in [3.05, 3.63) is 23.8 Å². The van der Waals surface area contributed by atoms with Crippen molar-refractivity contribution in [2.24, 2.45) is 5.73 Å². The van der Waals surface area contributed by atoms with Crippen LogP contribution in [0.15, 0.2) is 18.2 Å². The zero-order valence-corrected chi connectivity index (χ0v) is 10.6. The molecule has 4 N–H and O–H groups in total. The smallest absolute Gasteiger partial charge is 0.248 e. The Morgan fingerprint density at radius 3 is 2.41 bits per heavy atom. The first-order chi connectivity index (χ1) is 7.91. The predicted molar refractivity (Wildman–Crippen MR) is 71.2 cm³/mol. The molecule has 17 heavy (non-hydrogen) atoms. The normalized spacial score (nSPS) is 10.6. The van der Waals surface area contributed by atoms with E-state index in [0.29, 0.717) is 11.3 Å². The average molecular weight is 236 g/mol. The number of benzene rings is 1. The Hall–Kier alpha value is -1.75. The van der Waals surface area contributed by atoms with Crippen molar-refractivity contribution in [3.63, 3.8) is 0 Å². The molecule has 1 aromatic carbocycles. The van der Waals surface area contributed by atoms with Gasteiger partial charge in [-0.3, -0.25) is 4.79 Å². The molecule has 5 heteroatoms. The summed E-state index contributed by atoms with van der Waals surface area (Å²) in [7, 11) is 5.97. The van der Waals surface area contributed by atoms with E-state index in [1.54, 1.807) is 18.2 Å². The molecule has 1 rings (SSSR count). The van der Waals surface area contributed by atoms with Crippen molar-refractivity contribution in [2.45, 2.75) is 0 Å². The van der Waals surface area contributed by atoms with Crippen molar-refractivity contribution in [3.8, 4) is 0 Å². The van der Waals surface area contributed by atoms with Crippen LogP contribution in [0.4, 0.5) is 11.4 Å². The van der Waals surface area contributed by atoms with Gasteiger partial charge in [-0.2, -0.15) is 0 Å². The summed E-state index contributed by atoms with van der Waals surface area (Å²) in [5, 5.41) is 0. The van der Waals surface area contributed by atoms with Crippen LogP contribution in [0.5, 0.6) is 0 Å². The van der Waals surface area contributed by atoms with Crippen LogP contribution in [-0.2, 0) is 0 Å². The number of rotatable bonds is 5.